The number of piperazine rings is 1. The van der Waals surface area contributed by atoms with E-state index in [0.29, 0.717) is 30.3 Å². The molecule has 0 aliphatic carbocycles. The van der Waals surface area contributed by atoms with Gasteiger partial charge in [0.1, 0.15) is 6.04 Å². The van der Waals surface area contributed by atoms with E-state index in [4.69, 9.17) is 0 Å². The lowest BCUT2D eigenvalue weighted by molar-refractivity contribution is -0.136. The molecule has 4 rings (SSSR count). The van der Waals surface area contributed by atoms with Crippen LogP contribution in [-0.2, 0) is 4.79 Å². The van der Waals surface area contributed by atoms with Crippen LogP contribution in [0.25, 0.3) is 0 Å². The first-order valence-electron chi connectivity index (χ1n) is 9.92. The molecule has 0 spiro atoms. The molecule has 6 nitrogen and oxygen atoms in total. The standard InChI is InChI=1S/C22H21F2N3O3S/c23-17-7-6-16(12-18(17)24)20(28)25-8-10-26(11-9-25)22(30)19-13-31-14-27(19)21(29)15-4-2-1-3-5-15/h1-7,12,19H,8-11,13-14H2/t19-/m0/s1. The molecule has 0 aromatic heterocycles. The van der Waals surface area contributed by atoms with Crippen LogP contribution in [0.4, 0.5) is 8.78 Å². The van der Waals surface area contributed by atoms with E-state index >= 15 is 0 Å². The average molecular weight is 445 g/mol. The van der Waals surface area contributed by atoms with Gasteiger partial charge >= 0.3 is 0 Å². The van der Waals surface area contributed by atoms with E-state index in [2.05, 4.69) is 0 Å². The number of thioether (sulfide) groups is 1. The van der Waals surface area contributed by atoms with Crippen LogP contribution >= 0.6 is 11.8 Å². The predicted octanol–water partition coefficient (Wildman–Crippen LogP) is 2.46. The van der Waals surface area contributed by atoms with Crippen LogP contribution in [0.1, 0.15) is 20.7 Å². The summed E-state index contributed by atoms with van der Waals surface area (Å²) in [5.41, 5.74) is 0.621. The highest BCUT2D eigenvalue weighted by atomic mass is 32.2. The van der Waals surface area contributed by atoms with Crippen molar-refractivity contribution in [3.05, 3.63) is 71.3 Å². The Kier molecular flexibility index (Phi) is 6.22. The van der Waals surface area contributed by atoms with Crippen LogP contribution in [0.15, 0.2) is 48.5 Å². The second-order valence-corrected chi connectivity index (χ2v) is 8.40. The number of carbonyl (C=O) groups is 3. The van der Waals surface area contributed by atoms with Crippen LogP contribution in [0.3, 0.4) is 0 Å². The molecule has 9 heteroatoms. The van der Waals surface area contributed by atoms with E-state index in [9.17, 15) is 23.2 Å². The van der Waals surface area contributed by atoms with E-state index in [1.54, 1.807) is 34.1 Å². The lowest BCUT2D eigenvalue weighted by Crippen LogP contribution is -2.56. The van der Waals surface area contributed by atoms with Gasteiger partial charge in [-0.15, -0.1) is 11.8 Å². The predicted molar refractivity (Wildman–Crippen MR) is 113 cm³/mol. The third-order valence-corrected chi connectivity index (χ3v) is 6.51. The van der Waals surface area contributed by atoms with Crippen molar-refractivity contribution >= 4 is 29.5 Å². The van der Waals surface area contributed by atoms with Crippen LogP contribution < -0.4 is 0 Å². The normalized spacial score (nSPS) is 18.9. The third-order valence-electron chi connectivity index (χ3n) is 5.49. The first kappa shape index (κ1) is 21.3. The zero-order chi connectivity index (χ0) is 22.0. The molecule has 2 aliphatic heterocycles. The largest absolute Gasteiger partial charge is 0.337 e. The number of nitrogens with zero attached hydrogens (tertiary/aromatic N) is 3. The Morgan fingerprint density at radius 3 is 2.16 bits per heavy atom. The molecule has 0 bridgehead atoms. The van der Waals surface area contributed by atoms with Gasteiger partial charge in [-0.3, -0.25) is 14.4 Å². The summed E-state index contributed by atoms with van der Waals surface area (Å²) >= 11 is 1.54. The second-order valence-electron chi connectivity index (χ2n) is 7.40. The van der Waals surface area contributed by atoms with Gasteiger partial charge < -0.3 is 14.7 Å². The summed E-state index contributed by atoms with van der Waals surface area (Å²) in [6.07, 6.45) is 0. The van der Waals surface area contributed by atoms with E-state index in [-0.39, 0.29) is 30.5 Å². The molecule has 0 unspecified atom stereocenters. The molecule has 1 atom stereocenters. The quantitative estimate of drug-likeness (QED) is 0.728. The molecule has 2 aromatic rings. The topological polar surface area (TPSA) is 60.9 Å². The van der Waals surface area contributed by atoms with Crippen molar-refractivity contribution in [2.75, 3.05) is 37.8 Å². The van der Waals surface area contributed by atoms with Crippen LogP contribution in [0.5, 0.6) is 0 Å². The molecule has 31 heavy (non-hydrogen) atoms. The summed E-state index contributed by atoms with van der Waals surface area (Å²) in [6, 6.07) is 11.4. The molecule has 162 valence electrons. The van der Waals surface area contributed by atoms with Crippen molar-refractivity contribution in [3.8, 4) is 0 Å². The third kappa shape index (κ3) is 4.41. The fourth-order valence-electron chi connectivity index (χ4n) is 3.75. The lowest BCUT2D eigenvalue weighted by atomic mass is 10.1. The fraction of sp³-hybridized carbons (Fsp3) is 0.318. The summed E-state index contributed by atoms with van der Waals surface area (Å²) < 4.78 is 26.6. The number of amides is 3. The van der Waals surface area contributed by atoms with Gasteiger partial charge in [0, 0.05) is 43.1 Å². The minimum absolute atomic E-state index is 0.0745. The van der Waals surface area contributed by atoms with Crippen molar-refractivity contribution in [1.82, 2.24) is 14.7 Å². The zero-order valence-corrected chi connectivity index (χ0v) is 17.5. The minimum Gasteiger partial charge on any atom is -0.337 e. The van der Waals surface area contributed by atoms with Crippen molar-refractivity contribution in [3.63, 3.8) is 0 Å². The van der Waals surface area contributed by atoms with Gasteiger partial charge in [-0.05, 0) is 30.3 Å². The summed E-state index contributed by atoms with van der Waals surface area (Å²) in [4.78, 5) is 43.3. The Morgan fingerprint density at radius 1 is 0.806 bits per heavy atom. The maximum Gasteiger partial charge on any atom is 0.255 e. The Balaban J connectivity index is 1.38. The molecule has 0 radical (unpaired) electrons. The van der Waals surface area contributed by atoms with E-state index in [1.165, 1.54) is 22.7 Å². The minimum atomic E-state index is -1.07. The summed E-state index contributed by atoms with van der Waals surface area (Å²) in [5, 5.41) is 0. The zero-order valence-electron chi connectivity index (χ0n) is 16.7. The molecule has 3 amide bonds. The number of carbonyl (C=O) groups excluding carboxylic acids is 3. The van der Waals surface area contributed by atoms with Gasteiger partial charge in [-0.25, -0.2) is 8.78 Å². The molecular formula is C22H21F2N3O3S. The summed E-state index contributed by atoms with van der Waals surface area (Å²) in [6.45, 7) is 1.22. The van der Waals surface area contributed by atoms with Gasteiger partial charge in [-0.2, -0.15) is 0 Å². The van der Waals surface area contributed by atoms with E-state index in [1.807, 2.05) is 6.07 Å². The molecule has 2 saturated heterocycles. The lowest BCUT2D eigenvalue weighted by Gasteiger charge is -2.37. The maximum atomic E-state index is 13.4. The Bertz CT molecular complexity index is 997. The van der Waals surface area contributed by atoms with Gasteiger partial charge in [0.25, 0.3) is 11.8 Å². The number of benzene rings is 2. The van der Waals surface area contributed by atoms with E-state index < -0.39 is 23.6 Å². The molecule has 2 heterocycles. The van der Waals surface area contributed by atoms with Crippen LogP contribution in [0.2, 0.25) is 0 Å². The van der Waals surface area contributed by atoms with Crippen molar-refractivity contribution in [2.45, 2.75) is 6.04 Å². The SMILES string of the molecule is O=C(c1ccc(F)c(F)c1)N1CCN(C(=O)[C@@H]2CSCN2C(=O)c2ccccc2)CC1. The molecule has 2 fully saturated rings. The van der Waals surface area contributed by atoms with Crippen molar-refractivity contribution < 1.29 is 23.2 Å². The van der Waals surface area contributed by atoms with Crippen molar-refractivity contribution in [1.29, 1.82) is 0 Å². The second kappa shape index (κ2) is 9.05. The number of halogens is 2. The molecular weight excluding hydrogens is 424 g/mol. The Hall–Kier alpha value is -2.94. The van der Waals surface area contributed by atoms with Gasteiger partial charge in [0.2, 0.25) is 5.91 Å². The van der Waals surface area contributed by atoms with Crippen LogP contribution in [-0.4, -0.2) is 76.3 Å². The Labute approximate surface area is 182 Å². The maximum absolute atomic E-state index is 13.4. The highest BCUT2D eigenvalue weighted by Crippen LogP contribution is 2.25. The number of hydrogen-bond acceptors (Lipinski definition) is 4. The Morgan fingerprint density at radius 2 is 1.48 bits per heavy atom. The first-order chi connectivity index (χ1) is 15.0. The van der Waals surface area contributed by atoms with Crippen molar-refractivity contribution in [2.24, 2.45) is 0 Å². The molecule has 2 aliphatic rings. The monoisotopic (exact) mass is 445 g/mol. The average Bonchev–Trinajstić information content (AvgIpc) is 3.30. The highest BCUT2D eigenvalue weighted by molar-refractivity contribution is 7.99. The smallest absolute Gasteiger partial charge is 0.255 e. The number of rotatable bonds is 3. The molecule has 2 aromatic carbocycles. The molecule has 0 N–H and O–H groups in total. The first-order valence-corrected chi connectivity index (χ1v) is 11.1. The van der Waals surface area contributed by atoms with Gasteiger partial charge in [0.05, 0.1) is 5.88 Å². The highest BCUT2D eigenvalue weighted by Gasteiger charge is 2.38. The van der Waals surface area contributed by atoms with Gasteiger partial charge in [0.15, 0.2) is 11.6 Å². The van der Waals surface area contributed by atoms with E-state index in [0.717, 1.165) is 12.1 Å². The summed E-state index contributed by atoms with van der Waals surface area (Å²) in [5.74, 6) is -1.78. The molecule has 0 saturated carbocycles. The number of hydrogen-bond donors (Lipinski definition) is 0. The van der Waals surface area contributed by atoms with Crippen LogP contribution in [0, 0.1) is 11.6 Å². The summed E-state index contributed by atoms with van der Waals surface area (Å²) in [7, 11) is 0. The fourth-order valence-corrected chi connectivity index (χ4v) is 4.89. The van der Waals surface area contributed by atoms with Gasteiger partial charge in [-0.1, -0.05) is 18.2 Å².